The molecule has 3 aromatic carbocycles. The molecule has 0 radical (unpaired) electrons. The Morgan fingerprint density at radius 2 is 1.23 bits per heavy atom. The molecule has 4 nitrogen and oxygen atoms in total. The molecule has 1 N–H and O–H groups in total. The highest BCUT2D eigenvalue weighted by molar-refractivity contribution is 5.94. The van der Waals surface area contributed by atoms with Crippen molar-refractivity contribution in [1.82, 2.24) is 15.1 Å². The van der Waals surface area contributed by atoms with E-state index in [9.17, 15) is 4.79 Å². The Labute approximate surface area is 185 Å². The van der Waals surface area contributed by atoms with Gasteiger partial charge in [-0.05, 0) is 35.7 Å². The number of amides is 1. The van der Waals surface area contributed by atoms with Crippen molar-refractivity contribution in [3.8, 4) is 0 Å². The van der Waals surface area contributed by atoms with E-state index < -0.39 is 0 Å². The molecule has 1 heterocycles. The van der Waals surface area contributed by atoms with Crippen LogP contribution >= 0.6 is 0 Å². The average Bonchev–Trinajstić information content (AvgIpc) is 2.82. The third-order valence-electron chi connectivity index (χ3n) is 5.98. The molecule has 1 amide bonds. The van der Waals surface area contributed by atoms with Crippen LogP contribution in [0.5, 0.6) is 0 Å². The van der Waals surface area contributed by atoms with Crippen molar-refractivity contribution in [2.24, 2.45) is 0 Å². The maximum absolute atomic E-state index is 12.6. The number of piperazine rings is 1. The molecular weight excluding hydrogens is 382 g/mol. The fourth-order valence-electron chi connectivity index (χ4n) is 4.07. The van der Waals surface area contributed by atoms with E-state index in [0.717, 1.165) is 44.8 Å². The molecule has 3 aromatic rings. The summed E-state index contributed by atoms with van der Waals surface area (Å²) < 4.78 is 0. The summed E-state index contributed by atoms with van der Waals surface area (Å²) in [5, 5.41) is 3.08. The topological polar surface area (TPSA) is 35.6 Å². The summed E-state index contributed by atoms with van der Waals surface area (Å²) in [5.41, 5.74) is 4.45. The summed E-state index contributed by atoms with van der Waals surface area (Å²) in [7, 11) is 0. The summed E-state index contributed by atoms with van der Waals surface area (Å²) in [5.74, 6) is -0.0302. The molecule has 0 aliphatic carbocycles. The van der Waals surface area contributed by atoms with Crippen molar-refractivity contribution in [3.63, 3.8) is 0 Å². The van der Waals surface area contributed by atoms with Gasteiger partial charge >= 0.3 is 0 Å². The van der Waals surface area contributed by atoms with Gasteiger partial charge < -0.3 is 5.32 Å². The van der Waals surface area contributed by atoms with Gasteiger partial charge in [0.25, 0.3) is 5.91 Å². The lowest BCUT2D eigenvalue weighted by molar-refractivity contribution is 0.0940. The van der Waals surface area contributed by atoms with Crippen LogP contribution < -0.4 is 5.32 Å². The second-order valence-corrected chi connectivity index (χ2v) is 8.34. The second kappa shape index (κ2) is 10.4. The largest absolute Gasteiger partial charge is 0.346 e. The summed E-state index contributed by atoms with van der Waals surface area (Å²) in [6.07, 6.45) is 0. The van der Waals surface area contributed by atoms with Crippen molar-refractivity contribution in [3.05, 3.63) is 107 Å². The van der Waals surface area contributed by atoms with E-state index in [2.05, 4.69) is 57.6 Å². The molecule has 31 heavy (non-hydrogen) atoms. The highest BCUT2D eigenvalue weighted by Crippen LogP contribution is 2.15. The molecule has 1 saturated heterocycles. The lowest BCUT2D eigenvalue weighted by Gasteiger charge is -2.34. The summed E-state index contributed by atoms with van der Waals surface area (Å²) in [4.78, 5) is 17.6. The van der Waals surface area contributed by atoms with E-state index in [0.29, 0.717) is 5.56 Å². The van der Waals surface area contributed by atoms with E-state index in [1.54, 1.807) is 0 Å². The molecule has 1 fully saturated rings. The van der Waals surface area contributed by atoms with Crippen LogP contribution in [0.15, 0.2) is 84.9 Å². The van der Waals surface area contributed by atoms with Gasteiger partial charge in [0.05, 0.1) is 6.04 Å². The Morgan fingerprint density at radius 3 is 1.77 bits per heavy atom. The molecule has 4 heteroatoms. The molecule has 0 bridgehead atoms. The van der Waals surface area contributed by atoms with Crippen LogP contribution in [0.3, 0.4) is 0 Å². The molecule has 1 atom stereocenters. The van der Waals surface area contributed by atoms with Gasteiger partial charge in [0.1, 0.15) is 0 Å². The zero-order valence-electron chi connectivity index (χ0n) is 18.2. The number of rotatable bonds is 7. The number of benzene rings is 3. The second-order valence-electron chi connectivity index (χ2n) is 8.34. The number of hydrogen-bond donors (Lipinski definition) is 1. The first-order valence-electron chi connectivity index (χ1n) is 11.1. The zero-order valence-corrected chi connectivity index (χ0v) is 18.2. The van der Waals surface area contributed by atoms with E-state index >= 15 is 0 Å². The Balaban J connectivity index is 1.25. The molecular formula is C27H31N3O. The van der Waals surface area contributed by atoms with Crippen molar-refractivity contribution < 1.29 is 4.79 Å². The molecule has 0 unspecified atom stereocenters. The minimum atomic E-state index is -0.0302. The van der Waals surface area contributed by atoms with Gasteiger partial charge in [-0.2, -0.15) is 0 Å². The van der Waals surface area contributed by atoms with Gasteiger partial charge in [0.2, 0.25) is 0 Å². The van der Waals surface area contributed by atoms with Gasteiger partial charge in [-0.15, -0.1) is 0 Å². The molecule has 1 aliphatic heterocycles. The van der Waals surface area contributed by atoms with Crippen LogP contribution in [0.2, 0.25) is 0 Å². The van der Waals surface area contributed by atoms with Crippen LogP contribution in [-0.4, -0.2) is 41.9 Å². The molecule has 0 spiro atoms. The first kappa shape index (κ1) is 21.3. The quantitative estimate of drug-likeness (QED) is 0.620. The summed E-state index contributed by atoms with van der Waals surface area (Å²) in [6, 6.07) is 28.8. The Hall–Kier alpha value is -2.95. The zero-order chi connectivity index (χ0) is 21.5. The Bertz CT molecular complexity index is 949. The van der Waals surface area contributed by atoms with E-state index in [4.69, 9.17) is 0 Å². The number of carbonyl (C=O) groups is 1. The van der Waals surface area contributed by atoms with Crippen molar-refractivity contribution in [1.29, 1.82) is 0 Å². The van der Waals surface area contributed by atoms with E-state index in [-0.39, 0.29) is 11.9 Å². The molecule has 0 aromatic heterocycles. The Kier molecular flexibility index (Phi) is 7.13. The van der Waals surface area contributed by atoms with E-state index in [1.807, 2.05) is 49.4 Å². The fourth-order valence-corrected chi connectivity index (χ4v) is 4.07. The van der Waals surface area contributed by atoms with E-state index in [1.165, 1.54) is 11.1 Å². The normalized spacial score (nSPS) is 16.0. The van der Waals surface area contributed by atoms with Crippen molar-refractivity contribution in [2.45, 2.75) is 26.1 Å². The monoisotopic (exact) mass is 413 g/mol. The summed E-state index contributed by atoms with van der Waals surface area (Å²) >= 11 is 0. The predicted molar refractivity (Wildman–Crippen MR) is 126 cm³/mol. The third-order valence-corrected chi connectivity index (χ3v) is 5.98. The van der Waals surface area contributed by atoms with Crippen molar-refractivity contribution >= 4 is 5.91 Å². The van der Waals surface area contributed by atoms with Gasteiger partial charge in [-0.25, -0.2) is 0 Å². The number of nitrogens with one attached hydrogen (secondary N) is 1. The van der Waals surface area contributed by atoms with Crippen LogP contribution in [0, 0.1) is 0 Å². The number of hydrogen-bond acceptors (Lipinski definition) is 3. The number of carbonyl (C=O) groups excluding carboxylic acids is 1. The first-order valence-corrected chi connectivity index (χ1v) is 11.1. The highest BCUT2D eigenvalue weighted by atomic mass is 16.1. The van der Waals surface area contributed by atoms with Crippen LogP contribution in [-0.2, 0) is 13.1 Å². The maximum atomic E-state index is 12.6. The number of nitrogens with zero attached hydrogens (tertiary/aromatic N) is 2. The third kappa shape index (κ3) is 6.03. The minimum Gasteiger partial charge on any atom is -0.346 e. The molecule has 160 valence electrons. The lowest BCUT2D eigenvalue weighted by Crippen LogP contribution is -2.45. The smallest absolute Gasteiger partial charge is 0.251 e. The lowest BCUT2D eigenvalue weighted by atomic mass is 10.1. The standard InChI is InChI=1S/C27H31N3O/c1-22(25-10-6-3-7-11-25)28-27(31)26-14-12-24(13-15-26)21-30-18-16-29(17-19-30)20-23-8-4-2-5-9-23/h2-15,22H,16-21H2,1H3,(H,28,31)/t22-/m1/s1. The average molecular weight is 414 g/mol. The summed E-state index contributed by atoms with van der Waals surface area (Å²) in [6.45, 7) is 8.30. The predicted octanol–water partition coefficient (Wildman–Crippen LogP) is 4.50. The molecule has 4 rings (SSSR count). The molecule has 0 saturated carbocycles. The van der Waals surface area contributed by atoms with Crippen LogP contribution in [0.25, 0.3) is 0 Å². The van der Waals surface area contributed by atoms with Gasteiger partial charge in [0.15, 0.2) is 0 Å². The van der Waals surface area contributed by atoms with Crippen LogP contribution in [0.1, 0.15) is 40.0 Å². The Morgan fingerprint density at radius 1 is 0.742 bits per heavy atom. The van der Waals surface area contributed by atoms with Crippen LogP contribution in [0.4, 0.5) is 0 Å². The highest BCUT2D eigenvalue weighted by Gasteiger charge is 2.17. The fraction of sp³-hybridized carbons (Fsp3) is 0.296. The van der Waals surface area contributed by atoms with Gasteiger partial charge in [0, 0.05) is 44.8 Å². The van der Waals surface area contributed by atoms with Crippen molar-refractivity contribution in [2.75, 3.05) is 26.2 Å². The SMILES string of the molecule is C[C@@H](NC(=O)c1ccc(CN2CCN(Cc3ccccc3)CC2)cc1)c1ccccc1. The van der Waals surface area contributed by atoms with Gasteiger partial charge in [-0.1, -0.05) is 72.8 Å². The first-order chi connectivity index (χ1) is 15.2. The molecule has 1 aliphatic rings. The minimum absolute atomic E-state index is 0.0134. The van der Waals surface area contributed by atoms with Gasteiger partial charge in [-0.3, -0.25) is 14.6 Å². The maximum Gasteiger partial charge on any atom is 0.251 e.